The molecule has 0 aliphatic carbocycles. The molecule has 0 atom stereocenters. The summed E-state index contributed by atoms with van der Waals surface area (Å²) in [5, 5.41) is 11.9. The molecule has 3 heterocycles. The molecular weight excluding hydrogens is 421 g/mol. The van der Waals surface area contributed by atoms with E-state index in [9.17, 15) is 14.3 Å². The molecule has 0 aliphatic rings. The zero-order valence-electron chi connectivity index (χ0n) is 18.5. The first-order chi connectivity index (χ1) is 15.9. The molecule has 33 heavy (non-hydrogen) atoms. The zero-order chi connectivity index (χ0) is 23.3. The Labute approximate surface area is 189 Å². The second kappa shape index (κ2) is 7.85. The molecule has 168 valence electrons. The number of hydrogen-bond acceptors (Lipinski definition) is 2. The Morgan fingerprint density at radius 2 is 1.70 bits per heavy atom. The van der Waals surface area contributed by atoms with Gasteiger partial charge in [-0.2, -0.15) is 0 Å². The third-order valence-corrected chi connectivity index (χ3v) is 5.98. The summed E-state index contributed by atoms with van der Waals surface area (Å²) in [6.45, 7) is 4.16. The van der Waals surface area contributed by atoms with Gasteiger partial charge in [-0.05, 0) is 53.8 Å². The summed E-state index contributed by atoms with van der Waals surface area (Å²) in [5.74, 6) is -0.608. The van der Waals surface area contributed by atoms with Crippen molar-refractivity contribution < 1.29 is 19.0 Å². The average molecular weight is 445 g/mol. The molecule has 0 radical (unpaired) electrons. The molecule has 7 heteroatoms. The third-order valence-electron chi connectivity index (χ3n) is 5.98. The van der Waals surface area contributed by atoms with Crippen LogP contribution in [0.3, 0.4) is 0 Å². The predicted molar refractivity (Wildman–Crippen MR) is 127 cm³/mol. The Morgan fingerprint density at radius 3 is 2.33 bits per heavy atom. The molecular formula is C26H24FN3O3. The van der Waals surface area contributed by atoms with Crippen LogP contribution in [0.15, 0.2) is 48.8 Å². The zero-order valence-corrected chi connectivity index (χ0v) is 18.5. The van der Waals surface area contributed by atoms with E-state index in [0.29, 0.717) is 34.5 Å². The minimum Gasteiger partial charge on any atom is -0.497 e. The van der Waals surface area contributed by atoms with Crippen LogP contribution in [0.25, 0.3) is 44.2 Å². The van der Waals surface area contributed by atoms with Crippen molar-refractivity contribution in [2.45, 2.75) is 20.3 Å². The number of hydrogen-bond donors (Lipinski definition) is 4. The molecule has 0 unspecified atom stereocenters. The summed E-state index contributed by atoms with van der Waals surface area (Å²) in [4.78, 5) is 21.8. The highest BCUT2D eigenvalue weighted by Crippen LogP contribution is 2.43. The summed E-state index contributed by atoms with van der Waals surface area (Å²) < 4.78 is 20.0. The lowest BCUT2D eigenvalue weighted by atomic mass is 9.90. The number of H-pyrrole nitrogens is 3. The van der Waals surface area contributed by atoms with Gasteiger partial charge >= 0.3 is 5.97 Å². The quantitative estimate of drug-likeness (QED) is 0.245. The van der Waals surface area contributed by atoms with Crippen LogP contribution in [0.4, 0.5) is 4.39 Å². The fourth-order valence-corrected chi connectivity index (χ4v) is 4.64. The van der Waals surface area contributed by atoms with Crippen molar-refractivity contribution >= 4 is 27.8 Å². The summed E-state index contributed by atoms with van der Waals surface area (Å²) in [6.07, 6.45) is 4.18. The molecule has 6 nitrogen and oxygen atoms in total. The smallest absolute Gasteiger partial charge is 0.352 e. The highest BCUT2D eigenvalue weighted by Gasteiger charge is 2.27. The van der Waals surface area contributed by atoms with Gasteiger partial charge in [0.25, 0.3) is 0 Å². The van der Waals surface area contributed by atoms with E-state index in [1.54, 1.807) is 13.3 Å². The average Bonchev–Trinajstić information content (AvgIpc) is 3.50. The maximum atomic E-state index is 14.5. The Kier molecular flexibility index (Phi) is 4.96. The maximum Gasteiger partial charge on any atom is 0.352 e. The Morgan fingerprint density at radius 1 is 1.03 bits per heavy atom. The van der Waals surface area contributed by atoms with Crippen LogP contribution in [0, 0.1) is 11.7 Å². The van der Waals surface area contributed by atoms with Crippen LogP contribution in [0.5, 0.6) is 5.75 Å². The molecule has 2 aromatic carbocycles. The highest BCUT2D eigenvalue weighted by molar-refractivity contribution is 6.07. The molecule has 0 saturated heterocycles. The largest absolute Gasteiger partial charge is 0.497 e. The molecule has 5 rings (SSSR count). The Hall–Kier alpha value is -4.00. The fourth-order valence-electron chi connectivity index (χ4n) is 4.64. The molecule has 0 amide bonds. The van der Waals surface area contributed by atoms with E-state index in [4.69, 9.17) is 4.74 Å². The van der Waals surface area contributed by atoms with Crippen molar-refractivity contribution in [3.63, 3.8) is 0 Å². The maximum absolute atomic E-state index is 14.5. The number of nitrogens with one attached hydrogen (secondary N) is 3. The number of aromatic amines is 3. The number of aromatic carboxylic acids is 1. The van der Waals surface area contributed by atoms with Crippen LogP contribution in [-0.4, -0.2) is 33.1 Å². The lowest BCUT2D eigenvalue weighted by Crippen LogP contribution is -2.01. The van der Waals surface area contributed by atoms with Crippen LogP contribution in [0.1, 0.15) is 29.9 Å². The first-order valence-corrected chi connectivity index (χ1v) is 10.8. The van der Waals surface area contributed by atoms with Crippen LogP contribution in [0.2, 0.25) is 0 Å². The monoisotopic (exact) mass is 445 g/mol. The number of methoxy groups -OCH3 is 1. The molecule has 0 saturated carbocycles. The predicted octanol–water partition coefficient (Wildman–Crippen LogP) is 6.36. The van der Waals surface area contributed by atoms with Gasteiger partial charge in [0.2, 0.25) is 0 Å². The van der Waals surface area contributed by atoms with Gasteiger partial charge in [0.05, 0.1) is 12.8 Å². The first kappa shape index (κ1) is 20.9. The molecule has 0 bridgehead atoms. The van der Waals surface area contributed by atoms with Gasteiger partial charge in [-0.25, -0.2) is 9.18 Å². The van der Waals surface area contributed by atoms with E-state index < -0.39 is 11.8 Å². The molecule has 0 spiro atoms. The highest BCUT2D eigenvalue weighted by atomic mass is 19.1. The summed E-state index contributed by atoms with van der Waals surface area (Å²) >= 11 is 0. The first-order valence-electron chi connectivity index (χ1n) is 10.8. The van der Waals surface area contributed by atoms with Crippen LogP contribution < -0.4 is 4.74 Å². The molecule has 5 aromatic rings. The fraction of sp³-hybridized carbons (Fsp3) is 0.192. The van der Waals surface area contributed by atoms with Gasteiger partial charge < -0.3 is 24.8 Å². The van der Waals surface area contributed by atoms with E-state index in [1.165, 1.54) is 12.1 Å². The molecule has 0 aliphatic heterocycles. The van der Waals surface area contributed by atoms with Gasteiger partial charge in [0.1, 0.15) is 17.3 Å². The van der Waals surface area contributed by atoms with Gasteiger partial charge in [-0.3, -0.25) is 0 Å². The van der Waals surface area contributed by atoms with Crippen molar-refractivity contribution in [2.75, 3.05) is 7.11 Å². The number of carboxylic acids is 1. The van der Waals surface area contributed by atoms with E-state index in [0.717, 1.165) is 27.4 Å². The number of carboxylic acid groups (broad SMARTS) is 1. The third kappa shape index (κ3) is 3.46. The lowest BCUT2D eigenvalue weighted by Gasteiger charge is -2.13. The lowest BCUT2D eigenvalue weighted by molar-refractivity contribution is 0.0692. The van der Waals surface area contributed by atoms with Gasteiger partial charge in [0, 0.05) is 51.4 Å². The minimum absolute atomic E-state index is 0.0735. The van der Waals surface area contributed by atoms with Crippen molar-refractivity contribution in [2.24, 2.45) is 5.92 Å². The second-order valence-corrected chi connectivity index (χ2v) is 8.64. The topological polar surface area (TPSA) is 93.9 Å². The Balaban J connectivity index is 1.90. The normalized spacial score (nSPS) is 11.7. The van der Waals surface area contributed by atoms with Crippen molar-refractivity contribution in [3.8, 4) is 28.1 Å². The second-order valence-electron chi connectivity index (χ2n) is 8.64. The number of ether oxygens (including phenoxy) is 1. The van der Waals surface area contributed by atoms with Crippen molar-refractivity contribution in [1.82, 2.24) is 15.0 Å². The van der Waals surface area contributed by atoms with E-state index in [1.807, 2.05) is 30.5 Å². The number of fused-ring (bicyclic) bond motifs is 2. The van der Waals surface area contributed by atoms with Gasteiger partial charge in [-0.1, -0.05) is 13.8 Å². The number of aromatic nitrogens is 3. The number of benzene rings is 2. The SMILES string of the molecule is COc1cc(-c2c(C(=O)O)[nH]c(-c3cc(F)cc4[nH]ccc34)c2CC(C)C)c2cc[nH]c2c1. The number of carbonyl (C=O) groups is 1. The van der Waals surface area contributed by atoms with Crippen molar-refractivity contribution in [3.05, 3.63) is 65.9 Å². The van der Waals surface area contributed by atoms with E-state index in [-0.39, 0.29) is 11.6 Å². The standard InChI is InChI=1S/C26H24FN3O3/c1-13(2)8-20-23(18-11-15(33-3)12-22-16(18)4-6-29-22)25(26(31)32)30-24(20)19-9-14(27)10-21-17(19)5-7-28-21/h4-7,9-13,28-30H,8H2,1-3H3,(H,31,32). The summed E-state index contributed by atoms with van der Waals surface area (Å²) in [6, 6.07) is 10.4. The molecule has 4 N–H and O–H groups in total. The minimum atomic E-state index is -1.07. The summed E-state index contributed by atoms with van der Waals surface area (Å²) in [5.41, 5.74) is 5.01. The van der Waals surface area contributed by atoms with Crippen LogP contribution >= 0.6 is 0 Å². The summed E-state index contributed by atoms with van der Waals surface area (Å²) in [7, 11) is 1.58. The van der Waals surface area contributed by atoms with Gasteiger partial charge in [0.15, 0.2) is 0 Å². The number of halogens is 1. The molecule has 3 aromatic heterocycles. The van der Waals surface area contributed by atoms with Crippen LogP contribution in [-0.2, 0) is 6.42 Å². The Bertz CT molecular complexity index is 1510. The molecule has 0 fully saturated rings. The van der Waals surface area contributed by atoms with E-state index in [2.05, 4.69) is 28.8 Å². The van der Waals surface area contributed by atoms with Gasteiger partial charge in [-0.15, -0.1) is 0 Å². The van der Waals surface area contributed by atoms with E-state index >= 15 is 0 Å². The van der Waals surface area contributed by atoms with Crippen molar-refractivity contribution in [1.29, 1.82) is 0 Å². The number of rotatable bonds is 6.